The van der Waals surface area contributed by atoms with Gasteiger partial charge in [-0.25, -0.2) is 0 Å². The molecule has 0 aliphatic rings. The fourth-order valence-corrected chi connectivity index (χ4v) is 1.62. The van der Waals surface area contributed by atoms with Crippen molar-refractivity contribution in [3.63, 3.8) is 0 Å². The zero-order valence-corrected chi connectivity index (χ0v) is 9.01. The smallest absolute Gasteiger partial charge is 0.164 e. The number of carbonyl (C=O) groups excluding carboxylic acids is 1. The van der Waals surface area contributed by atoms with E-state index in [-0.39, 0.29) is 18.8 Å². The van der Waals surface area contributed by atoms with Gasteiger partial charge in [-0.1, -0.05) is 24.3 Å². The predicted octanol–water partition coefficient (Wildman–Crippen LogP) is 1.39. The van der Waals surface area contributed by atoms with Gasteiger partial charge in [-0.15, -0.1) is 0 Å². The van der Waals surface area contributed by atoms with Gasteiger partial charge in [0.05, 0.1) is 18.3 Å². The number of carbonyl (C=O) groups is 1. The molecule has 82 valence electrons. The van der Waals surface area contributed by atoms with Gasteiger partial charge in [0, 0.05) is 17.9 Å². The van der Waals surface area contributed by atoms with Crippen molar-refractivity contribution in [3.8, 4) is 0 Å². The minimum absolute atomic E-state index is 0.00755. The Hall–Kier alpha value is -1.81. The number of ketones is 1. The molecule has 0 aliphatic heterocycles. The number of ether oxygens (including phenoxy) is 1. The number of nitrogens with zero attached hydrogens (tertiary/aromatic N) is 2. The average molecular weight is 216 g/mol. The van der Waals surface area contributed by atoms with Gasteiger partial charge in [-0.05, 0) is 0 Å². The van der Waals surface area contributed by atoms with E-state index in [0.717, 1.165) is 10.8 Å². The van der Waals surface area contributed by atoms with Crippen LogP contribution in [0.15, 0.2) is 30.5 Å². The van der Waals surface area contributed by atoms with Crippen LogP contribution >= 0.6 is 0 Å². The van der Waals surface area contributed by atoms with E-state index in [2.05, 4.69) is 10.2 Å². The lowest BCUT2D eigenvalue weighted by atomic mass is 10.1. The van der Waals surface area contributed by atoms with Gasteiger partial charge in [0.25, 0.3) is 0 Å². The SMILES string of the molecule is COCC(=O)Cc1nncc2ccccc12. The van der Waals surface area contributed by atoms with E-state index in [1.54, 1.807) is 6.20 Å². The summed E-state index contributed by atoms with van der Waals surface area (Å²) in [6.07, 6.45) is 1.96. The van der Waals surface area contributed by atoms with Crippen LogP contribution in [-0.2, 0) is 16.0 Å². The van der Waals surface area contributed by atoms with Crippen LogP contribution in [0, 0.1) is 0 Å². The molecule has 4 heteroatoms. The van der Waals surface area contributed by atoms with Crippen LogP contribution in [-0.4, -0.2) is 29.7 Å². The molecule has 0 saturated carbocycles. The van der Waals surface area contributed by atoms with Crippen LogP contribution in [0.1, 0.15) is 5.69 Å². The molecule has 0 radical (unpaired) electrons. The third kappa shape index (κ3) is 2.23. The molecule has 16 heavy (non-hydrogen) atoms. The summed E-state index contributed by atoms with van der Waals surface area (Å²) in [5.74, 6) is 0.00755. The second-order valence-electron chi connectivity index (χ2n) is 3.53. The normalized spacial score (nSPS) is 10.6. The highest BCUT2D eigenvalue weighted by atomic mass is 16.5. The summed E-state index contributed by atoms with van der Waals surface area (Å²) in [7, 11) is 1.51. The van der Waals surface area contributed by atoms with Gasteiger partial charge in [0.15, 0.2) is 5.78 Å². The Balaban J connectivity index is 2.33. The Morgan fingerprint density at radius 3 is 3.00 bits per heavy atom. The minimum Gasteiger partial charge on any atom is -0.377 e. The first-order valence-corrected chi connectivity index (χ1v) is 5.01. The van der Waals surface area contributed by atoms with Crippen molar-refractivity contribution in [1.29, 1.82) is 0 Å². The summed E-state index contributed by atoms with van der Waals surface area (Å²) in [5.41, 5.74) is 0.708. The molecule has 2 rings (SSSR count). The van der Waals surface area contributed by atoms with Crippen molar-refractivity contribution in [2.75, 3.05) is 13.7 Å². The summed E-state index contributed by atoms with van der Waals surface area (Å²) in [4.78, 5) is 11.5. The van der Waals surface area contributed by atoms with E-state index in [1.165, 1.54) is 7.11 Å². The number of methoxy groups -OCH3 is 1. The quantitative estimate of drug-likeness (QED) is 0.775. The molecule has 0 amide bonds. The minimum atomic E-state index is 0.00755. The molecule has 0 N–H and O–H groups in total. The molecule has 2 aromatic rings. The largest absolute Gasteiger partial charge is 0.377 e. The molecule has 0 atom stereocenters. The number of rotatable bonds is 4. The van der Waals surface area contributed by atoms with E-state index in [1.807, 2.05) is 24.3 Å². The second kappa shape index (κ2) is 4.81. The second-order valence-corrected chi connectivity index (χ2v) is 3.53. The van der Waals surface area contributed by atoms with E-state index in [0.29, 0.717) is 5.69 Å². The highest BCUT2D eigenvalue weighted by molar-refractivity contribution is 5.89. The van der Waals surface area contributed by atoms with Crippen molar-refractivity contribution < 1.29 is 9.53 Å². The monoisotopic (exact) mass is 216 g/mol. The molecule has 0 unspecified atom stereocenters. The molecule has 1 aromatic heterocycles. The maximum atomic E-state index is 11.5. The summed E-state index contributed by atoms with van der Waals surface area (Å²) in [5, 5.41) is 9.86. The van der Waals surface area contributed by atoms with Gasteiger partial charge in [-0.3, -0.25) is 4.79 Å². The Kier molecular flexibility index (Phi) is 3.22. The van der Waals surface area contributed by atoms with Crippen molar-refractivity contribution >= 4 is 16.6 Å². The number of benzene rings is 1. The number of hydrogen-bond acceptors (Lipinski definition) is 4. The van der Waals surface area contributed by atoms with Crippen LogP contribution in [0.4, 0.5) is 0 Å². The average Bonchev–Trinajstić information content (AvgIpc) is 2.30. The lowest BCUT2D eigenvalue weighted by molar-refractivity contribution is -0.122. The van der Waals surface area contributed by atoms with E-state index < -0.39 is 0 Å². The molecule has 0 spiro atoms. The number of Topliss-reactive ketones (excluding diaryl/α,β-unsaturated/α-hetero) is 1. The predicted molar refractivity (Wildman–Crippen MR) is 60.1 cm³/mol. The highest BCUT2D eigenvalue weighted by Crippen LogP contribution is 2.15. The Labute approximate surface area is 93.3 Å². The molecule has 4 nitrogen and oxygen atoms in total. The highest BCUT2D eigenvalue weighted by Gasteiger charge is 2.08. The van der Waals surface area contributed by atoms with Crippen LogP contribution in [0.3, 0.4) is 0 Å². The van der Waals surface area contributed by atoms with Gasteiger partial charge < -0.3 is 4.74 Å². The van der Waals surface area contributed by atoms with Gasteiger partial charge in [0.1, 0.15) is 6.61 Å². The van der Waals surface area contributed by atoms with E-state index >= 15 is 0 Å². The lowest BCUT2D eigenvalue weighted by Crippen LogP contribution is -2.11. The standard InChI is InChI=1S/C12H12N2O2/c1-16-8-10(15)6-12-11-5-3-2-4-9(11)7-13-14-12/h2-5,7H,6,8H2,1H3. The van der Waals surface area contributed by atoms with Crippen molar-refractivity contribution in [2.45, 2.75) is 6.42 Å². The fourth-order valence-electron chi connectivity index (χ4n) is 1.62. The Bertz CT molecular complexity index is 506. The Morgan fingerprint density at radius 1 is 1.38 bits per heavy atom. The van der Waals surface area contributed by atoms with Crippen molar-refractivity contribution in [3.05, 3.63) is 36.2 Å². The maximum absolute atomic E-state index is 11.5. The number of fused-ring (bicyclic) bond motifs is 1. The summed E-state index contributed by atoms with van der Waals surface area (Å²) >= 11 is 0. The van der Waals surface area contributed by atoms with Crippen LogP contribution < -0.4 is 0 Å². The number of hydrogen-bond donors (Lipinski definition) is 0. The maximum Gasteiger partial charge on any atom is 0.164 e. The Morgan fingerprint density at radius 2 is 2.19 bits per heavy atom. The molecule has 0 bridgehead atoms. The van der Waals surface area contributed by atoms with Crippen molar-refractivity contribution in [1.82, 2.24) is 10.2 Å². The first-order valence-electron chi connectivity index (χ1n) is 5.01. The van der Waals surface area contributed by atoms with E-state index in [4.69, 9.17) is 4.74 Å². The zero-order chi connectivity index (χ0) is 11.4. The molecule has 0 saturated heterocycles. The molecule has 0 fully saturated rings. The summed E-state index contributed by atoms with van der Waals surface area (Å²) in [6, 6.07) is 7.76. The van der Waals surface area contributed by atoms with Crippen LogP contribution in [0.5, 0.6) is 0 Å². The van der Waals surface area contributed by atoms with Crippen LogP contribution in [0.2, 0.25) is 0 Å². The lowest BCUT2D eigenvalue weighted by Gasteiger charge is -2.03. The molecule has 1 heterocycles. The summed E-state index contributed by atoms with van der Waals surface area (Å²) < 4.78 is 4.79. The van der Waals surface area contributed by atoms with Crippen molar-refractivity contribution in [2.24, 2.45) is 0 Å². The molecule has 0 aliphatic carbocycles. The third-order valence-corrected chi connectivity index (χ3v) is 2.32. The zero-order valence-electron chi connectivity index (χ0n) is 9.01. The topological polar surface area (TPSA) is 52.1 Å². The van der Waals surface area contributed by atoms with Gasteiger partial charge in [-0.2, -0.15) is 10.2 Å². The molecule has 1 aromatic carbocycles. The van der Waals surface area contributed by atoms with E-state index in [9.17, 15) is 4.79 Å². The molecular weight excluding hydrogens is 204 g/mol. The fraction of sp³-hybridized carbons (Fsp3) is 0.250. The number of aromatic nitrogens is 2. The first kappa shape index (κ1) is 10.7. The summed E-state index contributed by atoms with van der Waals surface area (Å²) in [6.45, 7) is 0.116. The third-order valence-electron chi connectivity index (χ3n) is 2.32. The van der Waals surface area contributed by atoms with Gasteiger partial charge in [0.2, 0.25) is 0 Å². The molecular formula is C12H12N2O2. The van der Waals surface area contributed by atoms with Crippen LogP contribution in [0.25, 0.3) is 10.8 Å². The first-order chi connectivity index (χ1) is 7.81. The van der Waals surface area contributed by atoms with Gasteiger partial charge >= 0.3 is 0 Å².